The van der Waals surface area contributed by atoms with Crippen LogP contribution in [0.5, 0.6) is 0 Å². The number of carboxylic acids is 1. The van der Waals surface area contributed by atoms with E-state index in [1.165, 1.54) is 11.3 Å². The smallest absolute Gasteiger partial charge is 0.308 e. The van der Waals surface area contributed by atoms with Gasteiger partial charge in [-0.15, -0.1) is 11.3 Å². The molecule has 1 aromatic rings. The van der Waals surface area contributed by atoms with Gasteiger partial charge >= 0.3 is 5.97 Å². The van der Waals surface area contributed by atoms with Gasteiger partial charge in [0.05, 0.1) is 12.0 Å². The Bertz CT molecular complexity index is 374. The normalized spacial score (nSPS) is 11.7. The topological polar surface area (TPSA) is 58.6 Å². The van der Waals surface area contributed by atoms with Gasteiger partial charge in [0.15, 0.2) is 0 Å². The molecule has 0 fully saturated rings. The second-order valence-corrected chi connectivity index (χ2v) is 5.76. The van der Waals surface area contributed by atoms with Crippen molar-refractivity contribution in [2.45, 2.75) is 32.4 Å². The number of ether oxygens (including phenoxy) is 1. The van der Waals surface area contributed by atoms with E-state index in [9.17, 15) is 4.79 Å². The minimum absolute atomic E-state index is 0.105. The number of hydrogen-bond donors (Lipinski definition) is 2. The molecular formula is C12H19NO3S. The third kappa shape index (κ3) is 5.30. The Hall–Kier alpha value is -0.910. The molecule has 0 aliphatic rings. The van der Waals surface area contributed by atoms with Gasteiger partial charge in [0.2, 0.25) is 0 Å². The van der Waals surface area contributed by atoms with Crippen LogP contribution in [0.4, 0.5) is 0 Å². The molecule has 0 bridgehead atoms. The fraction of sp³-hybridized carbons (Fsp3) is 0.583. The SMILES string of the molecule is COC(C)(C)CNCc1ccc(CC(=O)O)s1. The molecular weight excluding hydrogens is 238 g/mol. The van der Waals surface area contributed by atoms with Crippen molar-refractivity contribution in [3.8, 4) is 0 Å². The molecule has 96 valence electrons. The van der Waals surface area contributed by atoms with Gasteiger partial charge in [0.25, 0.3) is 0 Å². The lowest BCUT2D eigenvalue weighted by Gasteiger charge is -2.22. The second-order valence-electron chi connectivity index (χ2n) is 4.51. The fourth-order valence-corrected chi connectivity index (χ4v) is 2.30. The number of thiophene rings is 1. The molecule has 0 aliphatic carbocycles. The molecule has 2 N–H and O–H groups in total. The van der Waals surface area contributed by atoms with Crippen molar-refractivity contribution in [1.82, 2.24) is 5.32 Å². The summed E-state index contributed by atoms with van der Waals surface area (Å²) in [5.41, 5.74) is -0.179. The molecule has 0 amide bonds. The first kappa shape index (κ1) is 14.2. The average Bonchev–Trinajstić information content (AvgIpc) is 2.64. The molecule has 4 nitrogen and oxygen atoms in total. The maximum atomic E-state index is 10.5. The van der Waals surface area contributed by atoms with Gasteiger partial charge in [-0.1, -0.05) is 0 Å². The summed E-state index contributed by atoms with van der Waals surface area (Å²) in [4.78, 5) is 12.6. The number of rotatable bonds is 7. The van der Waals surface area contributed by atoms with Crippen LogP contribution < -0.4 is 5.32 Å². The lowest BCUT2D eigenvalue weighted by atomic mass is 10.1. The van der Waals surface area contributed by atoms with Crippen LogP contribution in [0.1, 0.15) is 23.6 Å². The van der Waals surface area contributed by atoms with Gasteiger partial charge in [0.1, 0.15) is 0 Å². The van der Waals surface area contributed by atoms with E-state index in [2.05, 4.69) is 5.32 Å². The standard InChI is InChI=1S/C12H19NO3S/c1-12(2,16-3)8-13-7-10-5-4-9(17-10)6-11(14)15/h4-5,13H,6-8H2,1-3H3,(H,14,15). The predicted octanol–water partition coefficient (Wildman–Crippen LogP) is 1.89. The molecule has 1 aromatic heterocycles. The third-order valence-electron chi connectivity index (χ3n) is 2.45. The van der Waals surface area contributed by atoms with Crippen molar-refractivity contribution in [3.63, 3.8) is 0 Å². The summed E-state index contributed by atoms with van der Waals surface area (Å²) in [6.07, 6.45) is 0.105. The van der Waals surface area contributed by atoms with Crippen LogP contribution in [0, 0.1) is 0 Å². The Labute approximate surface area is 106 Å². The maximum absolute atomic E-state index is 10.5. The third-order valence-corrected chi connectivity index (χ3v) is 3.53. The Morgan fingerprint density at radius 1 is 1.47 bits per heavy atom. The molecule has 0 aromatic carbocycles. The first-order chi connectivity index (χ1) is 7.93. The number of hydrogen-bond acceptors (Lipinski definition) is 4. The number of methoxy groups -OCH3 is 1. The van der Waals surface area contributed by atoms with Crippen molar-refractivity contribution in [2.24, 2.45) is 0 Å². The van der Waals surface area contributed by atoms with E-state index in [0.717, 1.165) is 22.8 Å². The fourth-order valence-electron chi connectivity index (χ4n) is 1.32. The number of carboxylic acid groups (broad SMARTS) is 1. The first-order valence-electron chi connectivity index (χ1n) is 5.48. The largest absolute Gasteiger partial charge is 0.481 e. The van der Waals surface area contributed by atoms with Crippen molar-refractivity contribution in [1.29, 1.82) is 0 Å². The van der Waals surface area contributed by atoms with Crippen molar-refractivity contribution >= 4 is 17.3 Å². The average molecular weight is 257 g/mol. The van der Waals surface area contributed by atoms with E-state index in [1.807, 2.05) is 26.0 Å². The van der Waals surface area contributed by atoms with Gasteiger partial charge in [-0.2, -0.15) is 0 Å². The monoisotopic (exact) mass is 257 g/mol. The summed E-state index contributed by atoms with van der Waals surface area (Å²) >= 11 is 1.54. The molecule has 17 heavy (non-hydrogen) atoms. The van der Waals surface area contributed by atoms with Crippen molar-refractivity contribution in [3.05, 3.63) is 21.9 Å². The van der Waals surface area contributed by atoms with Gasteiger partial charge in [-0.05, 0) is 26.0 Å². The van der Waals surface area contributed by atoms with Gasteiger partial charge in [-0.3, -0.25) is 4.79 Å². The van der Waals surface area contributed by atoms with Crippen molar-refractivity contribution in [2.75, 3.05) is 13.7 Å². The number of carbonyl (C=O) groups is 1. The zero-order valence-corrected chi connectivity index (χ0v) is 11.3. The molecule has 0 aliphatic heterocycles. The molecule has 5 heteroatoms. The lowest BCUT2D eigenvalue weighted by molar-refractivity contribution is -0.136. The summed E-state index contributed by atoms with van der Waals surface area (Å²) in [6.45, 7) is 5.54. The first-order valence-corrected chi connectivity index (χ1v) is 6.30. The van der Waals surface area contributed by atoms with E-state index in [4.69, 9.17) is 9.84 Å². The summed E-state index contributed by atoms with van der Waals surface area (Å²) in [6, 6.07) is 3.84. The second kappa shape index (κ2) is 6.14. The quantitative estimate of drug-likeness (QED) is 0.783. The number of nitrogens with one attached hydrogen (secondary N) is 1. The molecule has 0 unspecified atom stereocenters. The molecule has 0 saturated heterocycles. The Morgan fingerprint density at radius 3 is 2.71 bits per heavy atom. The van der Waals surface area contributed by atoms with Crippen LogP contribution in [0.3, 0.4) is 0 Å². The molecule has 1 heterocycles. The highest BCUT2D eigenvalue weighted by molar-refractivity contribution is 7.12. The van der Waals surface area contributed by atoms with Crippen LogP contribution in [-0.2, 0) is 22.5 Å². The van der Waals surface area contributed by atoms with Gasteiger partial charge in [0, 0.05) is 30.0 Å². The highest BCUT2D eigenvalue weighted by atomic mass is 32.1. The molecule has 0 radical (unpaired) electrons. The lowest BCUT2D eigenvalue weighted by Crippen LogP contribution is -2.36. The summed E-state index contributed by atoms with van der Waals surface area (Å²) < 4.78 is 5.30. The zero-order valence-electron chi connectivity index (χ0n) is 10.4. The van der Waals surface area contributed by atoms with Crippen LogP contribution in [0.2, 0.25) is 0 Å². The maximum Gasteiger partial charge on any atom is 0.308 e. The van der Waals surface area contributed by atoms with Crippen molar-refractivity contribution < 1.29 is 14.6 Å². The number of aliphatic carboxylic acids is 1. The molecule has 0 saturated carbocycles. The minimum atomic E-state index is -0.785. The van der Waals surface area contributed by atoms with Gasteiger partial charge in [-0.25, -0.2) is 0 Å². The van der Waals surface area contributed by atoms with E-state index >= 15 is 0 Å². The van der Waals surface area contributed by atoms with Crippen LogP contribution in [0.15, 0.2) is 12.1 Å². The van der Waals surface area contributed by atoms with E-state index in [1.54, 1.807) is 7.11 Å². The predicted molar refractivity (Wildman–Crippen MR) is 68.5 cm³/mol. The highest BCUT2D eigenvalue weighted by Crippen LogP contribution is 2.17. The molecule has 0 atom stereocenters. The highest BCUT2D eigenvalue weighted by Gasteiger charge is 2.15. The molecule has 1 rings (SSSR count). The molecule has 0 spiro atoms. The summed E-state index contributed by atoms with van der Waals surface area (Å²) in [5, 5.41) is 12.0. The Kier molecular flexibility index (Phi) is 5.11. The van der Waals surface area contributed by atoms with E-state index in [0.29, 0.717) is 0 Å². The van der Waals surface area contributed by atoms with E-state index < -0.39 is 5.97 Å². The van der Waals surface area contributed by atoms with Crippen LogP contribution in [-0.4, -0.2) is 30.3 Å². The summed E-state index contributed by atoms with van der Waals surface area (Å²) in [7, 11) is 1.69. The van der Waals surface area contributed by atoms with Crippen LogP contribution in [0.25, 0.3) is 0 Å². The Balaban J connectivity index is 2.37. The van der Waals surface area contributed by atoms with Crippen LogP contribution >= 0.6 is 11.3 Å². The zero-order chi connectivity index (χ0) is 12.9. The minimum Gasteiger partial charge on any atom is -0.481 e. The Morgan fingerprint density at radius 2 is 2.12 bits per heavy atom. The summed E-state index contributed by atoms with van der Waals surface area (Å²) in [5.74, 6) is -0.785. The van der Waals surface area contributed by atoms with E-state index in [-0.39, 0.29) is 12.0 Å². The van der Waals surface area contributed by atoms with Gasteiger partial charge < -0.3 is 15.2 Å².